The van der Waals surface area contributed by atoms with Crippen LogP contribution in [0.3, 0.4) is 0 Å². The van der Waals surface area contributed by atoms with E-state index >= 15 is 0 Å². The summed E-state index contributed by atoms with van der Waals surface area (Å²) in [6.45, 7) is 3.31. The molecule has 0 bridgehead atoms. The Balaban J connectivity index is 2.64. The highest BCUT2D eigenvalue weighted by Gasteiger charge is 2.26. The first kappa shape index (κ1) is 15.6. The minimum atomic E-state index is -3.62. The molecule has 6 nitrogen and oxygen atoms in total. The Morgan fingerprint density at radius 3 is 2.42 bits per heavy atom. The van der Waals surface area contributed by atoms with Gasteiger partial charge in [0.1, 0.15) is 6.04 Å². The summed E-state index contributed by atoms with van der Waals surface area (Å²) < 4.78 is 25.9. The van der Waals surface area contributed by atoms with Gasteiger partial charge in [-0.25, -0.2) is 13.1 Å². The van der Waals surface area contributed by atoms with Gasteiger partial charge in [-0.05, 0) is 30.0 Å². The fraction of sp³-hybridized carbons (Fsp3) is 0.500. The third-order valence-corrected chi connectivity index (χ3v) is 4.00. The largest absolute Gasteiger partial charge is 0.480 e. The van der Waals surface area contributed by atoms with Gasteiger partial charge in [0.05, 0.1) is 5.75 Å². The van der Waals surface area contributed by atoms with E-state index in [0.29, 0.717) is 6.42 Å². The molecule has 0 aliphatic carbocycles. The number of rotatable bonds is 7. The number of pyridine rings is 1. The molecule has 0 saturated heterocycles. The molecule has 1 heterocycles. The Kier molecular flexibility index (Phi) is 5.44. The van der Waals surface area contributed by atoms with Gasteiger partial charge in [0.2, 0.25) is 10.0 Å². The quantitative estimate of drug-likeness (QED) is 0.767. The fourth-order valence-corrected chi connectivity index (χ4v) is 2.91. The minimum absolute atomic E-state index is 0.145. The molecule has 19 heavy (non-hydrogen) atoms. The standard InChI is InChI=1S/C12H18N2O4S/c1-9(2)11(12(15)16)14-19(17,18)8-5-10-3-6-13-7-4-10/h3-4,6-7,9,11,14H,5,8H2,1-2H3,(H,15,16)/t11-/m0/s1. The van der Waals surface area contributed by atoms with Gasteiger partial charge < -0.3 is 5.11 Å². The molecule has 2 N–H and O–H groups in total. The number of aliphatic carboxylic acids is 1. The van der Waals surface area contributed by atoms with E-state index in [9.17, 15) is 13.2 Å². The van der Waals surface area contributed by atoms with Gasteiger partial charge in [0, 0.05) is 12.4 Å². The zero-order valence-corrected chi connectivity index (χ0v) is 11.7. The third-order valence-electron chi connectivity index (χ3n) is 2.65. The molecule has 0 fully saturated rings. The second-order valence-corrected chi connectivity index (χ2v) is 6.48. The number of carbonyl (C=O) groups is 1. The number of aromatic nitrogens is 1. The highest BCUT2D eigenvalue weighted by atomic mass is 32.2. The topological polar surface area (TPSA) is 96.4 Å². The van der Waals surface area contributed by atoms with E-state index in [4.69, 9.17) is 5.11 Å². The summed E-state index contributed by atoms with van der Waals surface area (Å²) in [5.41, 5.74) is 0.844. The molecule has 106 valence electrons. The Bertz CT molecular complexity index is 514. The first-order valence-corrected chi connectivity index (χ1v) is 7.59. The van der Waals surface area contributed by atoms with Crippen LogP contribution in [0, 0.1) is 5.92 Å². The Labute approximate surface area is 112 Å². The van der Waals surface area contributed by atoms with E-state index in [2.05, 4.69) is 9.71 Å². The Morgan fingerprint density at radius 2 is 1.95 bits per heavy atom. The zero-order chi connectivity index (χ0) is 14.5. The summed E-state index contributed by atoms with van der Waals surface area (Å²) in [5, 5.41) is 8.96. The number of hydrogen-bond acceptors (Lipinski definition) is 4. The van der Waals surface area contributed by atoms with Crippen LogP contribution in [-0.4, -0.2) is 36.3 Å². The van der Waals surface area contributed by atoms with Crippen LogP contribution in [0.25, 0.3) is 0 Å². The number of aryl methyl sites for hydroxylation is 1. The molecule has 0 aliphatic heterocycles. The van der Waals surface area contributed by atoms with Crippen molar-refractivity contribution < 1.29 is 18.3 Å². The van der Waals surface area contributed by atoms with Gasteiger partial charge in [0.15, 0.2) is 0 Å². The van der Waals surface area contributed by atoms with Crippen molar-refractivity contribution in [2.75, 3.05) is 5.75 Å². The number of carboxylic acid groups (broad SMARTS) is 1. The van der Waals surface area contributed by atoms with Crippen molar-refractivity contribution in [1.82, 2.24) is 9.71 Å². The molecule has 0 saturated carbocycles. The zero-order valence-electron chi connectivity index (χ0n) is 10.9. The molecule has 0 radical (unpaired) electrons. The van der Waals surface area contributed by atoms with Crippen molar-refractivity contribution >= 4 is 16.0 Å². The van der Waals surface area contributed by atoms with Crippen LogP contribution in [-0.2, 0) is 21.2 Å². The molecule has 0 unspecified atom stereocenters. The van der Waals surface area contributed by atoms with E-state index in [1.807, 2.05) is 0 Å². The average molecular weight is 286 g/mol. The molecule has 1 rings (SSSR count). The van der Waals surface area contributed by atoms with Crippen LogP contribution in [0.4, 0.5) is 0 Å². The average Bonchev–Trinajstić information content (AvgIpc) is 2.34. The van der Waals surface area contributed by atoms with E-state index in [0.717, 1.165) is 5.56 Å². The molecule has 0 spiro atoms. The molecule has 1 aromatic heterocycles. The third kappa shape index (κ3) is 5.35. The number of hydrogen-bond donors (Lipinski definition) is 2. The Morgan fingerprint density at radius 1 is 1.37 bits per heavy atom. The van der Waals surface area contributed by atoms with E-state index < -0.39 is 22.0 Å². The maximum atomic E-state index is 11.8. The molecular formula is C12H18N2O4S. The van der Waals surface area contributed by atoms with Crippen molar-refractivity contribution in [2.24, 2.45) is 5.92 Å². The summed E-state index contributed by atoms with van der Waals surface area (Å²) in [6.07, 6.45) is 3.50. The predicted octanol–water partition coefficient (Wildman–Crippen LogP) is 0.653. The lowest BCUT2D eigenvalue weighted by molar-refractivity contribution is -0.140. The summed E-state index contributed by atoms with van der Waals surface area (Å²) in [5.74, 6) is -1.62. The summed E-state index contributed by atoms with van der Waals surface area (Å²) in [4.78, 5) is 14.8. The highest BCUT2D eigenvalue weighted by molar-refractivity contribution is 7.89. The minimum Gasteiger partial charge on any atom is -0.480 e. The number of sulfonamides is 1. The second kappa shape index (κ2) is 6.63. The van der Waals surface area contributed by atoms with Crippen LogP contribution in [0.1, 0.15) is 19.4 Å². The highest BCUT2D eigenvalue weighted by Crippen LogP contribution is 2.06. The molecular weight excluding hydrogens is 268 g/mol. The summed E-state index contributed by atoms with van der Waals surface area (Å²) in [6, 6.07) is 2.36. The van der Waals surface area contributed by atoms with Gasteiger partial charge in [0.25, 0.3) is 0 Å². The van der Waals surface area contributed by atoms with E-state index in [-0.39, 0.29) is 11.7 Å². The lowest BCUT2D eigenvalue weighted by Crippen LogP contribution is -2.45. The van der Waals surface area contributed by atoms with Crippen LogP contribution in [0.15, 0.2) is 24.5 Å². The van der Waals surface area contributed by atoms with Gasteiger partial charge in [-0.2, -0.15) is 0 Å². The maximum absolute atomic E-state index is 11.8. The first-order valence-electron chi connectivity index (χ1n) is 5.93. The van der Waals surface area contributed by atoms with Gasteiger partial charge >= 0.3 is 5.97 Å². The van der Waals surface area contributed by atoms with Crippen LogP contribution in [0.2, 0.25) is 0 Å². The summed E-state index contributed by atoms with van der Waals surface area (Å²) in [7, 11) is -3.62. The molecule has 0 aromatic carbocycles. The smallest absolute Gasteiger partial charge is 0.321 e. The molecule has 0 amide bonds. The molecule has 1 atom stereocenters. The molecule has 7 heteroatoms. The Hall–Kier alpha value is -1.47. The number of nitrogens with zero attached hydrogens (tertiary/aromatic N) is 1. The van der Waals surface area contributed by atoms with Crippen molar-refractivity contribution in [3.05, 3.63) is 30.1 Å². The van der Waals surface area contributed by atoms with Crippen LogP contribution < -0.4 is 4.72 Å². The van der Waals surface area contributed by atoms with E-state index in [1.54, 1.807) is 38.4 Å². The monoisotopic (exact) mass is 286 g/mol. The van der Waals surface area contributed by atoms with Crippen molar-refractivity contribution in [1.29, 1.82) is 0 Å². The number of carboxylic acids is 1. The van der Waals surface area contributed by atoms with Gasteiger partial charge in [-0.3, -0.25) is 9.78 Å². The van der Waals surface area contributed by atoms with E-state index in [1.165, 1.54) is 0 Å². The number of nitrogens with one attached hydrogen (secondary N) is 1. The summed E-state index contributed by atoms with van der Waals surface area (Å²) >= 11 is 0. The normalized spacial score (nSPS) is 13.4. The van der Waals surface area contributed by atoms with Gasteiger partial charge in [-0.15, -0.1) is 0 Å². The van der Waals surface area contributed by atoms with Crippen LogP contribution >= 0.6 is 0 Å². The maximum Gasteiger partial charge on any atom is 0.321 e. The van der Waals surface area contributed by atoms with Crippen LogP contribution in [0.5, 0.6) is 0 Å². The molecule has 1 aromatic rings. The molecule has 0 aliphatic rings. The van der Waals surface area contributed by atoms with Crippen molar-refractivity contribution in [3.63, 3.8) is 0 Å². The predicted molar refractivity (Wildman–Crippen MR) is 71.1 cm³/mol. The lowest BCUT2D eigenvalue weighted by Gasteiger charge is -2.17. The van der Waals surface area contributed by atoms with Gasteiger partial charge in [-0.1, -0.05) is 13.8 Å². The lowest BCUT2D eigenvalue weighted by atomic mass is 10.1. The van der Waals surface area contributed by atoms with Crippen molar-refractivity contribution in [3.8, 4) is 0 Å². The van der Waals surface area contributed by atoms with Crippen molar-refractivity contribution in [2.45, 2.75) is 26.3 Å². The first-order chi connectivity index (χ1) is 8.82. The SMILES string of the molecule is CC(C)[C@H](NS(=O)(=O)CCc1ccncc1)C(=O)O. The fourth-order valence-electron chi connectivity index (χ4n) is 1.53. The second-order valence-electron chi connectivity index (χ2n) is 4.60.